The summed E-state index contributed by atoms with van der Waals surface area (Å²) >= 11 is 0. The fourth-order valence-electron chi connectivity index (χ4n) is 2.90. The summed E-state index contributed by atoms with van der Waals surface area (Å²) in [5, 5.41) is 9.24. The molecule has 0 bridgehead atoms. The minimum Gasteiger partial charge on any atom is -0.392 e. The normalized spacial score (nSPS) is 11.9. The van der Waals surface area contributed by atoms with Crippen LogP contribution in [0.1, 0.15) is 11.3 Å². The molecule has 3 aromatic heterocycles. The molecule has 3 N–H and O–H groups in total. The largest absolute Gasteiger partial charge is 0.433 e. The number of rotatable bonds is 3. The number of anilines is 1. The standard InChI is InChI=1S/C19H14F3N5O/c20-19(21,22)15-8-7-14-18(26-15)27(12-5-3-11(10-28)4-6-12)17(25-14)13-2-1-9-24-16(13)23/h1-9,28H,10H2,(H2,23,24). The van der Waals surface area contributed by atoms with Gasteiger partial charge in [-0.3, -0.25) is 4.57 Å². The van der Waals surface area contributed by atoms with Gasteiger partial charge in [-0.05, 0) is 42.0 Å². The SMILES string of the molecule is Nc1ncccc1-c1nc2ccc(C(F)(F)F)nc2n1-c1ccc(CO)cc1. The first-order valence-electron chi connectivity index (χ1n) is 8.26. The highest BCUT2D eigenvalue weighted by Crippen LogP contribution is 2.33. The minimum atomic E-state index is -4.59. The van der Waals surface area contributed by atoms with Crippen LogP contribution in [0.25, 0.3) is 28.2 Å². The monoisotopic (exact) mass is 385 g/mol. The van der Waals surface area contributed by atoms with Gasteiger partial charge in [0.15, 0.2) is 11.5 Å². The van der Waals surface area contributed by atoms with Gasteiger partial charge in [0.05, 0.1) is 12.2 Å². The highest BCUT2D eigenvalue weighted by atomic mass is 19.4. The van der Waals surface area contributed by atoms with E-state index in [1.165, 1.54) is 16.8 Å². The van der Waals surface area contributed by atoms with Crippen LogP contribution in [0.4, 0.5) is 19.0 Å². The second kappa shape index (κ2) is 6.61. The molecule has 0 aliphatic rings. The Morgan fingerprint density at radius 1 is 1.00 bits per heavy atom. The van der Waals surface area contributed by atoms with E-state index in [9.17, 15) is 18.3 Å². The molecule has 142 valence electrons. The van der Waals surface area contributed by atoms with Crippen LogP contribution < -0.4 is 5.73 Å². The lowest BCUT2D eigenvalue weighted by Crippen LogP contribution is -2.09. The van der Waals surface area contributed by atoms with Gasteiger partial charge in [-0.1, -0.05) is 12.1 Å². The van der Waals surface area contributed by atoms with E-state index >= 15 is 0 Å². The number of aromatic nitrogens is 4. The van der Waals surface area contributed by atoms with Crippen molar-refractivity contribution in [2.45, 2.75) is 12.8 Å². The van der Waals surface area contributed by atoms with Crippen molar-refractivity contribution >= 4 is 17.0 Å². The van der Waals surface area contributed by atoms with Crippen molar-refractivity contribution in [3.63, 3.8) is 0 Å². The molecule has 1 aromatic carbocycles. The van der Waals surface area contributed by atoms with E-state index in [1.54, 1.807) is 36.4 Å². The molecule has 9 heteroatoms. The van der Waals surface area contributed by atoms with Crippen LogP contribution in [0, 0.1) is 0 Å². The Morgan fingerprint density at radius 3 is 2.39 bits per heavy atom. The lowest BCUT2D eigenvalue weighted by molar-refractivity contribution is -0.141. The molecule has 0 radical (unpaired) electrons. The average Bonchev–Trinajstić information content (AvgIpc) is 3.06. The van der Waals surface area contributed by atoms with Crippen LogP contribution >= 0.6 is 0 Å². The molecule has 0 unspecified atom stereocenters. The Bertz CT molecular complexity index is 1150. The molecule has 3 heterocycles. The van der Waals surface area contributed by atoms with Crippen molar-refractivity contribution in [1.29, 1.82) is 0 Å². The van der Waals surface area contributed by atoms with E-state index in [-0.39, 0.29) is 23.6 Å². The van der Waals surface area contributed by atoms with E-state index < -0.39 is 11.9 Å². The van der Waals surface area contributed by atoms with Crippen molar-refractivity contribution in [2.75, 3.05) is 5.73 Å². The van der Waals surface area contributed by atoms with Gasteiger partial charge in [0.2, 0.25) is 0 Å². The van der Waals surface area contributed by atoms with Gasteiger partial charge in [-0.25, -0.2) is 15.0 Å². The molecule has 0 atom stereocenters. The van der Waals surface area contributed by atoms with Gasteiger partial charge in [-0.15, -0.1) is 0 Å². The molecular formula is C19H14F3N5O. The predicted molar refractivity (Wildman–Crippen MR) is 97.4 cm³/mol. The Hall–Kier alpha value is -3.46. The second-order valence-electron chi connectivity index (χ2n) is 6.07. The zero-order chi connectivity index (χ0) is 19.9. The maximum Gasteiger partial charge on any atom is 0.433 e. The number of halogens is 3. The first-order valence-corrected chi connectivity index (χ1v) is 8.26. The number of pyridine rings is 2. The molecule has 6 nitrogen and oxygen atoms in total. The van der Waals surface area contributed by atoms with Crippen LogP contribution in [0.5, 0.6) is 0 Å². The Kier molecular flexibility index (Phi) is 4.23. The van der Waals surface area contributed by atoms with E-state index in [4.69, 9.17) is 5.73 Å². The number of aliphatic hydroxyl groups is 1. The van der Waals surface area contributed by atoms with Crippen molar-refractivity contribution < 1.29 is 18.3 Å². The Labute approximate surface area is 157 Å². The van der Waals surface area contributed by atoms with Gasteiger partial charge in [-0.2, -0.15) is 13.2 Å². The number of alkyl halides is 3. The lowest BCUT2D eigenvalue weighted by atomic mass is 10.2. The average molecular weight is 385 g/mol. The molecule has 0 spiro atoms. The molecular weight excluding hydrogens is 371 g/mol. The number of hydrogen-bond donors (Lipinski definition) is 2. The number of nitrogen functional groups attached to an aromatic ring is 1. The zero-order valence-corrected chi connectivity index (χ0v) is 14.4. The van der Waals surface area contributed by atoms with Gasteiger partial charge in [0.25, 0.3) is 0 Å². The van der Waals surface area contributed by atoms with Gasteiger partial charge >= 0.3 is 6.18 Å². The molecule has 0 saturated carbocycles. The smallest absolute Gasteiger partial charge is 0.392 e. The molecule has 0 aliphatic carbocycles. The van der Waals surface area contributed by atoms with Crippen LogP contribution in [0.3, 0.4) is 0 Å². The third kappa shape index (κ3) is 3.05. The molecule has 4 aromatic rings. The maximum atomic E-state index is 13.2. The molecule has 0 fully saturated rings. The quantitative estimate of drug-likeness (QED) is 0.563. The Morgan fingerprint density at radius 2 is 1.75 bits per heavy atom. The third-order valence-electron chi connectivity index (χ3n) is 4.25. The summed E-state index contributed by atoms with van der Waals surface area (Å²) in [5.74, 6) is 0.520. The van der Waals surface area contributed by atoms with Crippen molar-refractivity contribution in [1.82, 2.24) is 19.5 Å². The first kappa shape index (κ1) is 17.9. The van der Waals surface area contributed by atoms with Crippen LogP contribution in [0.15, 0.2) is 54.7 Å². The van der Waals surface area contributed by atoms with E-state index in [0.29, 0.717) is 22.6 Å². The third-order valence-corrected chi connectivity index (χ3v) is 4.25. The summed E-state index contributed by atoms with van der Waals surface area (Å²) in [6.45, 7) is -0.149. The van der Waals surface area contributed by atoms with Crippen molar-refractivity contribution in [3.8, 4) is 17.1 Å². The highest BCUT2D eigenvalue weighted by molar-refractivity contribution is 5.82. The Balaban J connectivity index is 2.04. The maximum absolute atomic E-state index is 13.2. The number of fused-ring (bicyclic) bond motifs is 1. The second-order valence-corrected chi connectivity index (χ2v) is 6.07. The summed E-state index contributed by atoms with van der Waals surface area (Å²) in [4.78, 5) is 12.3. The summed E-state index contributed by atoms with van der Waals surface area (Å²) in [5.41, 5.74) is 6.96. The fraction of sp³-hybridized carbons (Fsp3) is 0.105. The summed E-state index contributed by atoms with van der Waals surface area (Å²) in [7, 11) is 0. The molecule has 4 rings (SSSR count). The fourth-order valence-corrected chi connectivity index (χ4v) is 2.90. The number of benzene rings is 1. The van der Waals surface area contributed by atoms with Crippen LogP contribution in [-0.2, 0) is 12.8 Å². The molecule has 0 aliphatic heterocycles. The lowest BCUT2D eigenvalue weighted by Gasteiger charge is -2.11. The van der Waals surface area contributed by atoms with Crippen molar-refractivity contribution in [2.24, 2.45) is 0 Å². The van der Waals surface area contributed by atoms with E-state index in [1.807, 2.05) is 0 Å². The van der Waals surface area contributed by atoms with Crippen LogP contribution in [-0.4, -0.2) is 24.6 Å². The summed E-state index contributed by atoms with van der Waals surface area (Å²) < 4.78 is 41.1. The molecule has 28 heavy (non-hydrogen) atoms. The predicted octanol–water partition coefficient (Wildman–Crippen LogP) is 3.58. The molecule has 0 saturated heterocycles. The van der Waals surface area contributed by atoms with Crippen molar-refractivity contribution in [3.05, 3.63) is 66.0 Å². The molecule has 0 amide bonds. The topological polar surface area (TPSA) is 89.9 Å². The van der Waals surface area contributed by atoms with Gasteiger partial charge in [0, 0.05) is 11.9 Å². The number of hydrogen-bond acceptors (Lipinski definition) is 5. The zero-order valence-electron chi connectivity index (χ0n) is 14.4. The highest BCUT2D eigenvalue weighted by Gasteiger charge is 2.33. The van der Waals surface area contributed by atoms with E-state index in [2.05, 4.69) is 15.0 Å². The number of nitrogens with zero attached hydrogens (tertiary/aromatic N) is 4. The van der Waals surface area contributed by atoms with E-state index in [0.717, 1.165) is 6.07 Å². The number of nitrogens with two attached hydrogens (primary N) is 1. The number of aliphatic hydroxyl groups excluding tert-OH is 1. The minimum absolute atomic E-state index is 0.0461. The van der Waals surface area contributed by atoms with Crippen LogP contribution in [0.2, 0.25) is 0 Å². The number of imidazole rings is 1. The van der Waals surface area contributed by atoms with Gasteiger partial charge < -0.3 is 10.8 Å². The first-order chi connectivity index (χ1) is 13.4. The summed E-state index contributed by atoms with van der Waals surface area (Å²) in [6.07, 6.45) is -3.07. The summed E-state index contributed by atoms with van der Waals surface area (Å²) in [6, 6.07) is 12.2. The van der Waals surface area contributed by atoms with Gasteiger partial charge in [0.1, 0.15) is 17.0 Å².